The molecular formula is C14H10ClFN2S. The molecule has 0 aromatic heterocycles. The van der Waals surface area contributed by atoms with Gasteiger partial charge in [-0.25, -0.2) is 4.39 Å². The van der Waals surface area contributed by atoms with Crippen LogP contribution in [0.15, 0.2) is 41.3 Å². The average molecular weight is 293 g/mol. The third kappa shape index (κ3) is 3.40. The predicted octanol–water partition coefficient (Wildman–Crippen LogP) is 4.23. The van der Waals surface area contributed by atoms with Gasteiger partial charge in [0.25, 0.3) is 0 Å². The molecule has 0 bridgehead atoms. The van der Waals surface area contributed by atoms with Crippen molar-refractivity contribution < 1.29 is 4.39 Å². The summed E-state index contributed by atoms with van der Waals surface area (Å²) in [5.74, 6) is 0.130. The SMILES string of the molecule is N#Cc1ccc(F)cc1CSc1ccc(Cl)cc1N. The number of rotatable bonds is 3. The number of nitriles is 1. The van der Waals surface area contributed by atoms with Crippen molar-refractivity contribution in [1.29, 1.82) is 5.26 Å². The first-order valence-electron chi connectivity index (χ1n) is 5.46. The van der Waals surface area contributed by atoms with Crippen LogP contribution in [0, 0.1) is 17.1 Å². The number of anilines is 1. The Labute approximate surface area is 120 Å². The molecule has 96 valence electrons. The van der Waals surface area contributed by atoms with Gasteiger partial charge in [-0.05, 0) is 42.0 Å². The molecule has 0 fully saturated rings. The lowest BCUT2D eigenvalue weighted by Gasteiger charge is -2.07. The molecule has 0 aliphatic carbocycles. The Bertz CT molecular complexity index is 652. The van der Waals surface area contributed by atoms with Crippen molar-refractivity contribution in [1.82, 2.24) is 0 Å². The molecule has 2 N–H and O–H groups in total. The molecule has 5 heteroatoms. The number of thioether (sulfide) groups is 1. The Kier molecular flexibility index (Phi) is 4.31. The zero-order chi connectivity index (χ0) is 13.8. The van der Waals surface area contributed by atoms with Crippen LogP contribution in [-0.4, -0.2) is 0 Å². The van der Waals surface area contributed by atoms with E-state index in [1.807, 2.05) is 6.07 Å². The average Bonchev–Trinajstić information content (AvgIpc) is 2.38. The molecule has 19 heavy (non-hydrogen) atoms. The van der Waals surface area contributed by atoms with E-state index in [-0.39, 0.29) is 5.82 Å². The number of nitrogens with two attached hydrogens (primary N) is 1. The summed E-state index contributed by atoms with van der Waals surface area (Å²) in [6, 6.07) is 11.4. The zero-order valence-corrected chi connectivity index (χ0v) is 11.4. The maximum Gasteiger partial charge on any atom is 0.123 e. The second-order valence-corrected chi connectivity index (χ2v) is 5.34. The molecule has 0 amide bonds. The van der Waals surface area contributed by atoms with Crippen LogP contribution in [0.5, 0.6) is 0 Å². The Hall–Kier alpha value is -1.70. The molecule has 0 aliphatic rings. The summed E-state index contributed by atoms with van der Waals surface area (Å²) < 4.78 is 13.2. The summed E-state index contributed by atoms with van der Waals surface area (Å²) in [6.07, 6.45) is 0. The van der Waals surface area contributed by atoms with Crippen molar-refractivity contribution in [2.45, 2.75) is 10.6 Å². The van der Waals surface area contributed by atoms with Crippen LogP contribution in [-0.2, 0) is 5.75 Å². The molecule has 2 rings (SSSR count). The van der Waals surface area contributed by atoms with Crippen LogP contribution in [0.2, 0.25) is 5.02 Å². The van der Waals surface area contributed by atoms with Crippen molar-refractivity contribution in [3.63, 3.8) is 0 Å². The molecule has 2 aromatic rings. The van der Waals surface area contributed by atoms with Crippen LogP contribution >= 0.6 is 23.4 Å². The summed E-state index contributed by atoms with van der Waals surface area (Å²) in [5.41, 5.74) is 7.55. The molecule has 0 aliphatic heterocycles. The van der Waals surface area contributed by atoms with Crippen molar-refractivity contribution in [2.24, 2.45) is 0 Å². The van der Waals surface area contributed by atoms with E-state index in [9.17, 15) is 4.39 Å². The third-order valence-electron chi connectivity index (χ3n) is 2.54. The quantitative estimate of drug-likeness (QED) is 0.680. The van der Waals surface area contributed by atoms with Crippen LogP contribution < -0.4 is 5.73 Å². The van der Waals surface area contributed by atoms with Gasteiger partial charge in [-0.15, -0.1) is 11.8 Å². The molecule has 0 atom stereocenters. The summed E-state index contributed by atoms with van der Waals surface area (Å²) in [4.78, 5) is 0.859. The van der Waals surface area contributed by atoms with Gasteiger partial charge in [0.1, 0.15) is 5.82 Å². The molecule has 2 aromatic carbocycles. The lowest BCUT2D eigenvalue weighted by molar-refractivity contribution is 0.626. The molecule has 0 radical (unpaired) electrons. The summed E-state index contributed by atoms with van der Waals surface area (Å²) in [6.45, 7) is 0. The number of nitrogen functional groups attached to an aromatic ring is 1. The summed E-state index contributed by atoms with van der Waals surface area (Å²) in [5, 5.41) is 9.55. The first-order chi connectivity index (χ1) is 9.10. The minimum Gasteiger partial charge on any atom is -0.398 e. The lowest BCUT2D eigenvalue weighted by atomic mass is 10.1. The van der Waals surface area contributed by atoms with Gasteiger partial charge in [0, 0.05) is 21.4 Å². The summed E-state index contributed by atoms with van der Waals surface area (Å²) in [7, 11) is 0. The largest absolute Gasteiger partial charge is 0.398 e. The Morgan fingerprint density at radius 1 is 1.26 bits per heavy atom. The Morgan fingerprint density at radius 3 is 2.74 bits per heavy atom. The minimum atomic E-state index is -0.348. The smallest absolute Gasteiger partial charge is 0.123 e. The maximum absolute atomic E-state index is 13.2. The first-order valence-corrected chi connectivity index (χ1v) is 6.83. The molecule has 0 saturated heterocycles. The Morgan fingerprint density at radius 2 is 2.05 bits per heavy atom. The predicted molar refractivity (Wildman–Crippen MR) is 76.5 cm³/mol. The van der Waals surface area contributed by atoms with Crippen LogP contribution in [0.3, 0.4) is 0 Å². The molecule has 0 saturated carbocycles. The summed E-state index contributed by atoms with van der Waals surface area (Å²) >= 11 is 7.27. The van der Waals surface area contributed by atoms with Crippen molar-refractivity contribution >= 4 is 29.1 Å². The number of hydrogen-bond donors (Lipinski definition) is 1. The highest BCUT2D eigenvalue weighted by atomic mass is 35.5. The monoisotopic (exact) mass is 292 g/mol. The van der Waals surface area contributed by atoms with E-state index in [4.69, 9.17) is 22.6 Å². The number of halogens is 2. The first kappa shape index (κ1) is 13.7. The standard InChI is InChI=1S/C14H10ClFN2S/c15-11-2-4-14(13(18)6-11)19-8-10-5-12(16)3-1-9(10)7-17/h1-6H,8,18H2. The van der Waals surface area contributed by atoms with Gasteiger partial charge in [0.2, 0.25) is 0 Å². The van der Waals surface area contributed by atoms with E-state index in [1.165, 1.54) is 30.0 Å². The second kappa shape index (κ2) is 5.96. The fourth-order valence-electron chi connectivity index (χ4n) is 1.60. The highest BCUT2D eigenvalue weighted by Crippen LogP contribution is 2.31. The van der Waals surface area contributed by atoms with Gasteiger partial charge in [-0.2, -0.15) is 5.26 Å². The van der Waals surface area contributed by atoms with Gasteiger partial charge in [-0.3, -0.25) is 0 Å². The second-order valence-electron chi connectivity index (χ2n) is 3.88. The van der Waals surface area contributed by atoms with Crippen molar-refractivity contribution in [2.75, 3.05) is 5.73 Å². The van der Waals surface area contributed by atoms with E-state index < -0.39 is 0 Å². The van der Waals surface area contributed by atoms with Gasteiger partial charge >= 0.3 is 0 Å². The van der Waals surface area contributed by atoms with Crippen molar-refractivity contribution in [3.8, 4) is 6.07 Å². The number of benzene rings is 2. The fourth-order valence-corrected chi connectivity index (χ4v) is 2.72. The van der Waals surface area contributed by atoms with Gasteiger partial charge in [0.05, 0.1) is 11.6 Å². The van der Waals surface area contributed by atoms with Crippen molar-refractivity contribution in [3.05, 3.63) is 58.4 Å². The van der Waals surface area contributed by atoms with E-state index >= 15 is 0 Å². The molecule has 0 unspecified atom stereocenters. The van der Waals surface area contributed by atoms with Gasteiger partial charge < -0.3 is 5.73 Å². The maximum atomic E-state index is 13.2. The molecular weight excluding hydrogens is 283 g/mol. The minimum absolute atomic E-state index is 0.348. The van der Waals surface area contributed by atoms with E-state index in [2.05, 4.69) is 6.07 Å². The van der Waals surface area contributed by atoms with Gasteiger partial charge in [-0.1, -0.05) is 11.6 Å². The zero-order valence-electron chi connectivity index (χ0n) is 9.86. The highest BCUT2D eigenvalue weighted by molar-refractivity contribution is 7.98. The van der Waals surface area contributed by atoms with Crippen LogP contribution in [0.1, 0.15) is 11.1 Å². The topological polar surface area (TPSA) is 49.8 Å². The Balaban J connectivity index is 2.19. The fraction of sp³-hybridized carbons (Fsp3) is 0.0714. The van der Waals surface area contributed by atoms with E-state index in [1.54, 1.807) is 12.1 Å². The van der Waals surface area contributed by atoms with Crippen LogP contribution in [0.25, 0.3) is 0 Å². The van der Waals surface area contributed by atoms with Crippen LogP contribution in [0.4, 0.5) is 10.1 Å². The highest BCUT2D eigenvalue weighted by Gasteiger charge is 2.06. The number of nitrogens with zero attached hydrogens (tertiary/aromatic N) is 1. The molecule has 0 spiro atoms. The van der Waals surface area contributed by atoms with E-state index in [0.29, 0.717) is 27.6 Å². The molecule has 2 nitrogen and oxygen atoms in total. The third-order valence-corrected chi connectivity index (χ3v) is 3.92. The normalized spacial score (nSPS) is 10.2. The number of hydrogen-bond acceptors (Lipinski definition) is 3. The van der Waals surface area contributed by atoms with E-state index in [0.717, 1.165) is 4.90 Å². The molecule has 0 heterocycles. The van der Waals surface area contributed by atoms with Gasteiger partial charge in [0.15, 0.2) is 0 Å². The lowest BCUT2D eigenvalue weighted by Crippen LogP contribution is -1.92.